The largest absolute Gasteiger partial charge is 0.493 e. The topological polar surface area (TPSA) is 84.8 Å². The van der Waals surface area contributed by atoms with Crippen molar-refractivity contribution < 1.29 is 29.7 Å². The van der Waals surface area contributed by atoms with Crippen LogP contribution >= 0.6 is 0 Å². The van der Waals surface area contributed by atoms with E-state index in [-0.39, 0.29) is 19.3 Å². The molecular weight excluding hydrogens is 286 g/mol. The highest BCUT2D eigenvalue weighted by atomic mass is 16.5. The summed E-state index contributed by atoms with van der Waals surface area (Å²) >= 11 is 0. The van der Waals surface area contributed by atoms with Gasteiger partial charge in [-0.05, 0) is 24.1 Å². The van der Waals surface area contributed by atoms with E-state index in [1.165, 1.54) is 0 Å². The zero-order valence-corrected chi connectivity index (χ0v) is 13.6. The number of hydrogen-bond donors (Lipinski definition) is 3. The highest BCUT2D eigenvalue weighted by molar-refractivity contribution is 5.42. The first kappa shape index (κ1) is 18.7. The van der Waals surface area contributed by atoms with Crippen molar-refractivity contribution in [1.29, 1.82) is 0 Å². The van der Waals surface area contributed by atoms with Crippen molar-refractivity contribution in [2.75, 3.05) is 34.0 Å². The maximum Gasteiger partial charge on any atom is 0.161 e. The van der Waals surface area contributed by atoms with Gasteiger partial charge in [0.05, 0.1) is 34.0 Å². The van der Waals surface area contributed by atoms with Crippen LogP contribution in [0.5, 0.6) is 11.5 Å². The molecule has 6 heteroatoms. The molecule has 0 amide bonds. The maximum absolute atomic E-state index is 9.87. The molecule has 4 N–H and O–H groups in total. The number of ether oxygens (including phenoxy) is 3. The summed E-state index contributed by atoms with van der Waals surface area (Å²) < 4.78 is 15.9. The van der Waals surface area contributed by atoms with Crippen LogP contribution in [0.15, 0.2) is 18.2 Å². The highest BCUT2D eigenvalue weighted by Crippen LogP contribution is 2.27. The van der Waals surface area contributed by atoms with Gasteiger partial charge < -0.3 is 29.7 Å². The fourth-order valence-electron chi connectivity index (χ4n) is 2.07. The smallest absolute Gasteiger partial charge is 0.161 e. The van der Waals surface area contributed by atoms with Gasteiger partial charge >= 0.3 is 0 Å². The molecule has 0 bridgehead atoms. The molecule has 126 valence electrons. The predicted molar refractivity (Wildman–Crippen MR) is 83.2 cm³/mol. The van der Waals surface area contributed by atoms with Crippen molar-refractivity contribution in [3.63, 3.8) is 0 Å². The molecule has 0 fully saturated rings. The Bertz CT molecular complexity index is 423. The average Bonchev–Trinajstić information content (AvgIpc) is 2.55. The lowest BCUT2D eigenvalue weighted by Crippen LogP contribution is -2.92. The summed E-state index contributed by atoms with van der Waals surface area (Å²) in [4.78, 5) is 0. The Labute approximate surface area is 132 Å². The van der Waals surface area contributed by atoms with Crippen molar-refractivity contribution >= 4 is 0 Å². The monoisotopic (exact) mass is 314 g/mol. The summed E-state index contributed by atoms with van der Waals surface area (Å²) in [6.45, 7) is 3.30. The fraction of sp³-hybridized carbons (Fsp3) is 0.625. The van der Waals surface area contributed by atoms with Crippen LogP contribution in [0.25, 0.3) is 0 Å². The van der Waals surface area contributed by atoms with Gasteiger partial charge in [0.2, 0.25) is 0 Å². The van der Waals surface area contributed by atoms with Crippen molar-refractivity contribution in [3.05, 3.63) is 23.8 Å². The first-order valence-electron chi connectivity index (χ1n) is 7.55. The number of quaternary nitrogens is 1. The second-order valence-electron chi connectivity index (χ2n) is 5.18. The van der Waals surface area contributed by atoms with Gasteiger partial charge in [0.25, 0.3) is 0 Å². The Balaban J connectivity index is 2.34. The van der Waals surface area contributed by atoms with E-state index < -0.39 is 6.10 Å². The van der Waals surface area contributed by atoms with Gasteiger partial charge in [-0.15, -0.1) is 0 Å². The summed E-state index contributed by atoms with van der Waals surface area (Å²) in [6, 6.07) is 5.73. The Morgan fingerprint density at radius 3 is 2.50 bits per heavy atom. The Kier molecular flexibility index (Phi) is 8.84. The molecule has 0 heterocycles. The van der Waals surface area contributed by atoms with Crippen LogP contribution in [-0.4, -0.2) is 56.3 Å². The Morgan fingerprint density at radius 2 is 1.91 bits per heavy atom. The van der Waals surface area contributed by atoms with Crippen LogP contribution in [0.4, 0.5) is 0 Å². The van der Waals surface area contributed by atoms with E-state index >= 15 is 0 Å². The minimum absolute atomic E-state index is 0.121. The van der Waals surface area contributed by atoms with Crippen molar-refractivity contribution in [1.82, 2.24) is 0 Å². The number of aliphatic hydroxyl groups excluding tert-OH is 2. The van der Waals surface area contributed by atoms with Crippen LogP contribution in [0.2, 0.25) is 0 Å². The van der Waals surface area contributed by atoms with Gasteiger partial charge in [0.15, 0.2) is 11.5 Å². The average molecular weight is 314 g/mol. The van der Waals surface area contributed by atoms with E-state index in [2.05, 4.69) is 0 Å². The molecule has 0 aromatic heterocycles. The summed E-state index contributed by atoms with van der Waals surface area (Å²) in [6.07, 6.45) is 0.316. The molecule has 0 aliphatic heterocycles. The molecule has 0 radical (unpaired) electrons. The van der Waals surface area contributed by atoms with Crippen LogP contribution in [0.1, 0.15) is 18.9 Å². The standard InChI is InChI=1S/C16H27NO5/c1-4-13(9-18)17-8-14(19)11-22-10-12-5-6-15(20-2)16(7-12)21-3/h5-7,13-14,17-19H,4,8-11H2,1-3H3/p+1/t13-,14+/m0/s1. The maximum atomic E-state index is 9.87. The fourth-order valence-corrected chi connectivity index (χ4v) is 2.07. The van der Waals surface area contributed by atoms with E-state index in [1.807, 2.05) is 30.4 Å². The molecule has 0 saturated carbocycles. The first-order valence-corrected chi connectivity index (χ1v) is 7.55. The first-order chi connectivity index (χ1) is 10.6. The molecular formula is C16H28NO5+. The SMILES string of the molecule is CC[C@@H](CO)[NH2+]C[C@@H](O)COCc1ccc(OC)c(OC)c1. The van der Waals surface area contributed by atoms with Gasteiger partial charge in [-0.2, -0.15) is 0 Å². The van der Waals surface area contributed by atoms with Gasteiger partial charge in [0.1, 0.15) is 18.7 Å². The van der Waals surface area contributed by atoms with Gasteiger partial charge in [-0.25, -0.2) is 0 Å². The third kappa shape index (κ3) is 6.19. The highest BCUT2D eigenvalue weighted by Gasteiger charge is 2.12. The zero-order chi connectivity index (χ0) is 16.4. The minimum Gasteiger partial charge on any atom is -0.493 e. The van der Waals surface area contributed by atoms with Crippen molar-refractivity contribution in [2.24, 2.45) is 0 Å². The van der Waals surface area contributed by atoms with E-state index in [0.717, 1.165) is 12.0 Å². The zero-order valence-electron chi connectivity index (χ0n) is 13.6. The number of rotatable bonds is 11. The Morgan fingerprint density at radius 1 is 1.18 bits per heavy atom. The molecule has 0 saturated heterocycles. The van der Waals surface area contributed by atoms with Crippen molar-refractivity contribution in [3.8, 4) is 11.5 Å². The molecule has 0 aliphatic carbocycles. The van der Waals surface area contributed by atoms with Crippen LogP contribution < -0.4 is 14.8 Å². The summed E-state index contributed by atoms with van der Waals surface area (Å²) in [7, 11) is 3.18. The number of benzene rings is 1. The Hall–Kier alpha value is -1.34. The lowest BCUT2D eigenvalue weighted by molar-refractivity contribution is -0.696. The number of nitrogens with two attached hydrogens (primary N) is 1. The number of methoxy groups -OCH3 is 2. The molecule has 1 rings (SSSR count). The molecule has 22 heavy (non-hydrogen) atoms. The summed E-state index contributed by atoms with van der Waals surface area (Å²) in [5.41, 5.74) is 0.954. The molecule has 0 unspecified atom stereocenters. The quantitative estimate of drug-likeness (QED) is 0.532. The number of hydrogen-bond acceptors (Lipinski definition) is 5. The van der Waals surface area contributed by atoms with Gasteiger partial charge in [-0.3, -0.25) is 0 Å². The molecule has 1 aromatic carbocycles. The van der Waals surface area contributed by atoms with E-state index in [4.69, 9.17) is 19.3 Å². The predicted octanol–water partition coefficient (Wildman–Crippen LogP) is -0.0844. The third-order valence-electron chi connectivity index (χ3n) is 3.53. The minimum atomic E-state index is -0.555. The van der Waals surface area contributed by atoms with Crippen LogP contribution in [0.3, 0.4) is 0 Å². The normalized spacial score (nSPS) is 13.7. The van der Waals surface area contributed by atoms with Crippen LogP contribution in [-0.2, 0) is 11.3 Å². The van der Waals surface area contributed by atoms with Gasteiger partial charge in [-0.1, -0.05) is 13.0 Å². The van der Waals surface area contributed by atoms with Crippen LogP contribution in [0, 0.1) is 0 Å². The lowest BCUT2D eigenvalue weighted by Gasteiger charge is -2.15. The molecule has 6 nitrogen and oxygen atoms in total. The molecule has 0 spiro atoms. The lowest BCUT2D eigenvalue weighted by atomic mass is 10.2. The number of aliphatic hydroxyl groups is 2. The molecule has 1 aromatic rings. The summed E-state index contributed by atoms with van der Waals surface area (Å²) in [5.74, 6) is 1.33. The molecule has 2 atom stereocenters. The second-order valence-corrected chi connectivity index (χ2v) is 5.18. The third-order valence-corrected chi connectivity index (χ3v) is 3.53. The van der Waals surface area contributed by atoms with E-state index in [0.29, 0.717) is 24.7 Å². The second kappa shape index (κ2) is 10.4. The summed E-state index contributed by atoms with van der Waals surface area (Å²) in [5, 5.41) is 20.9. The van der Waals surface area contributed by atoms with Crippen molar-refractivity contribution in [2.45, 2.75) is 32.1 Å². The van der Waals surface area contributed by atoms with Gasteiger partial charge in [0, 0.05) is 0 Å². The molecule has 0 aliphatic rings. The van der Waals surface area contributed by atoms with E-state index in [1.54, 1.807) is 14.2 Å². The van der Waals surface area contributed by atoms with E-state index in [9.17, 15) is 5.11 Å².